The third-order valence-electron chi connectivity index (χ3n) is 2.29. The van der Waals surface area contributed by atoms with Crippen LogP contribution in [0.15, 0.2) is 12.1 Å². The minimum Gasteiger partial charge on any atom is -0.363 e. The second-order valence-electron chi connectivity index (χ2n) is 3.99. The monoisotopic (exact) mass is 315 g/mol. The molecule has 2 amide bonds. The lowest BCUT2D eigenvalue weighted by Crippen LogP contribution is -2.36. The molecule has 0 aliphatic heterocycles. The van der Waals surface area contributed by atoms with Crippen LogP contribution in [0, 0.1) is 30.3 Å². The quantitative estimate of drug-likeness (QED) is 0.618. The number of benzene rings is 1. The Bertz CT molecular complexity index is 622. The van der Waals surface area contributed by atoms with Crippen molar-refractivity contribution in [1.29, 1.82) is 0 Å². The van der Waals surface area contributed by atoms with Crippen LogP contribution in [0.25, 0.3) is 0 Å². The molecule has 1 aromatic carbocycles. The first-order valence-electron chi connectivity index (χ1n) is 5.40. The third kappa shape index (κ3) is 3.53. The summed E-state index contributed by atoms with van der Waals surface area (Å²) in [5.74, 6) is -0.921. The molecular formula is C9H9N5O8. The molecule has 0 fully saturated rings. The van der Waals surface area contributed by atoms with Gasteiger partial charge in [-0.2, -0.15) is 5.48 Å². The van der Waals surface area contributed by atoms with E-state index in [-0.39, 0.29) is 0 Å². The van der Waals surface area contributed by atoms with Gasteiger partial charge in [-0.25, -0.2) is 4.79 Å². The van der Waals surface area contributed by atoms with E-state index in [1.165, 1.54) is 14.1 Å². The van der Waals surface area contributed by atoms with E-state index >= 15 is 0 Å². The van der Waals surface area contributed by atoms with Crippen molar-refractivity contribution >= 4 is 23.1 Å². The van der Waals surface area contributed by atoms with Crippen LogP contribution >= 0.6 is 0 Å². The van der Waals surface area contributed by atoms with Crippen molar-refractivity contribution in [2.75, 3.05) is 14.1 Å². The maximum absolute atomic E-state index is 11.3. The fourth-order valence-electron chi connectivity index (χ4n) is 1.25. The molecule has 0 saturated heterocycles. The molecule has 0 bridgehead atoms. The van der Waals surface area contributed by atoms with E-state index in [0.717, 1.165) is 4.90 Å². The van der Waals surface area contributed by atoms with Gasteiger partial charge in [0.15, 0.2) is 0 Å². The number of carbonyl (C=O) groups excluding carboxylic acids is 1. The molecule has 1 rings (SSSR count). The van der Waals surface area contributed by atoms with Crippen LogP contribution in [-0.2, 0) is 0 Å². The van der Waals surface area contributed by atoms with Crippen molar-refractivity contribution in [3.8, 4) is 5.75 Å². The second kappa shape index (κ2) is 6.29. The second-order valence-corrected chi connectivity index (χ2v) is 3.99. The van der Waals surface area contributed by atoms with Crippen LogP contribution < -0.4 is 10.3 Å². The van der Waals surface area contributed by atoms with Crippen LogP contribution in [0.4, 0.5) is 21.9 Å². The van der Waals surface area contributed by atoms with E-state index in [9.17, 15) is 35.1 Å². The molecule has 0 aliphatic rings. The summed E-state index contributed by atoms with van der Waals surface area (Å²) >= 11 is 0. The zero-order valence-electron chi connectivity index (χ0n) is 11.2. The number of amides is 2. The van der Waals surface area contributed by atoms with Gasteiger partial charge in [-0.05, 0) is 0 Å². The van der Waals surface area contributed by atoms with Gasteiger partial charge in [0.25, 0.3) is 5.69 Å². The highest BCUT2D eigenvalue weighted by molar-refractivity contribution is 5.73. The average molecular weight is 315 g/mol. The number of nitro benzene ring substituents is 3. The van der Waals surface area contributed by atoms with Crippen molar-refractivity contribution in [2.24, 2.45) is 0 Å². The van der Waals surface area contributed by atoms with Gasteiger partial charge in [-0.3, -0.25) is 30.3 Å². The van der Waals surface area contributed by atoms with Crippen LogP contribution in [-0.4, -0.2) is 39.8 Å². The van der Waals surface area contributed by atoms with E-state index < -0.39 is 43.6 Å². The summed E-state index contributed by atoms with van der Waals surface area (Å²) in [6.45, 7) is 0. The molecule has 0 saturated carbocycles. The number of nitrogens with zero attached hydrogens (tertiary/aromatic N) is 4. The summed E-state index contributed by atoms with van der Waals surface area (Å²) in [4.78, 5) is 46.1. The molecule has 1 aromatic rings. The van der Waals surface area contributed by atoms with E-state index in [1.807, 2.05) is 0 Å². The van der Waals surface area contributed by atoms with Crippen molar-refractivity contribution in [3.63, 3.8) is 0 Å². The molecule has 0 atom stereocenters. The van der Waals surface area contributed by atoms with Gasteiger partial charge in [-0.15, -0.1) is 0 Å². The Morgan fingerprint density at radius 1 is 1.05 bits per heavy atom. The van der Waals surface area contributed by atoms with Crippen LogP contribution in [0.5, 0.6) is 5.75 Å². The maximum Gasteiger partial charge on any atom is 0.349 e. The lowest BCUT2D eigenvalue weighted by Gasteiger charge is -2.12. The topological polar surface area (TPSA) is 171 Å². The number of nitro groups is 3. The minimum atomic E-state index is -1.10. The Morgan fingerprint density at radius 3 is 1.82 bits per heavy atom. The number of carbonyl (C=O) groups is 1. The molecule has 0 radical (unpaired) electrons. The highest BCUT2D eigenvalue weighted by atomic mass is 16.7. The normalized spacial score (nSPS) is 9.73. The highest BCUT2D eigenvalue weighted by Gasteiger charge is 2.33. The van der Waals surface area contributed by atoms with E-state index in [4.69, 9.17) is 0 Å². The van der Waals surface area contributed by atoms with Gasteiger partial charge in [0.05, 0.1) is 26.9 Å². The SMILES string of the molecule is CN(C)C(=O)NOc1c([N+](=O)[O-])cc([N+](=O)[O-])cc1[N+](=O)[O-]. The van der Waals surface area contributed by atoms with Crippen molar-refractivity contribution < 1.29 is 24.4 Å². The summed E-state index contributed by atoms with van der Waals surface area (Å²) in [6.07, 6.45) is 0. The first-order valence-corrected chi connectivity index (χ1v) is 5.40. The number of non-ortho nitro benzene ring substituents is 1. The Labute approximate surface area is 121 Å². The molecule has 0 unspecified atom stereocenters. The van der Waals surface area contributed by atoms with Gasteiger partial charge in [0.1, 0.15) is 0 Å². The van der Waals surface area contributed by atoms with Crippen LogP contribution in [0.2, 0.25) is 0 Å². The largest absolute Gasteiger partial charge is 0.363 e. The summed E-state index contributed by atoms with van der Waals surface area (Å²) in [6, 6.07) is 0.135. The number of hydrogen-bond acceptors (Lipinski definition) is 8. The van der Waals surface area contributed by atoms with Gasteiger partial charge < -0.3 is 9.74 Å². The molecule has 0 spiro atoms. The number of rotatable bonds is 5. The lowest BCUT2D eigenvalue weighted by atomic mass is 10.2. The highest BCUT2D eigenvalue weighted by Crippen LogP contribution is 2.39. The fraction of sp³-hybridized carbons (Fsp3) is 0.222. The molecule has 22 heavy (non-hydrogen) atoms. The van der Waals surface area contributed by atoms with Crippen molar-refractivity contribution in [2.45, 2.75) is 0 Å². The van der Waals surface area contributed by atoms with E-state index in [0.29, 0.717) is 12.1 Å². The van der Waals surface area contributed by atoms with Crippen molar-refractivity contribution in [3.05, 3.63) is 42.5 Å². The molecule has 0 aromatic heterocycles. The number of nitrogens with one attached hydrogen (secondary N) is 1. The Hall–Kier alpha value is -3.51. The summed E-state index contributed by atoms with van der Waals surface area (Å²) in [7, 11) is 2.66. The lowest BCUT2D eigenvalue weighted by molar-refractivity contribution is -0.404. The predicted octanol–water partition coefficient (Wildman–Crippen LogP) is 0.976. The first kappa shape index (κ1) is 16.5. The molecule has 0 aliphatic carbocycles. The summed E-state index contributed by atoms with van der Waals surface area (Å²) in [5, 5.41) is 32.5. The third-order valence-corrected chi connectivity index (χ3v) is 2.29. The minimum absolute atomic E-state index is 0.490. The number of urea groups is 1. The summed E-state index contributed by atoms with van der Waals surface area (Å²) in [5.41, 5.74) is -1.17. The van der Waals surface area contributed by atoms with Crippen molar-refractivity contribution in [1.82, 2.24) is 10.4 Å². The molecule has 13 heteroatoms. The van der Waals surface area contributed by atoms with Gasteiger partial charge in [-0.1, -0.05) is 0 Å². The smallest absolute Gasteiger partial charge is 0.349 e. The zero-order chi connectivity index (χ0) is 17.0. The number of hydroxylamine groups is 1. The summed E-state index contributed by atoms with van der Waals surface area (Å²) < 4.78 is 0. The van der Waals surface area contributed by atoms with Crippen LogP contribution in [0.1, 0.15) is 0 Å². The molecular weight excluding hydrogens is 306 g/mol. The van der Waals surface area contributed by atoms with Gasteiger partial charge in [0, 0.05) is 14.1 Å². The van der Waals surface area contributed by atoms with Gasteiger partial charge in [0.2, 0.25) is 0 Å². The predicted molar refractivity (Wildman–Crippen MR) is 69.3 cm³/mol. The average Bonchev–Trinajstić information content (AvgIpc) is 2.42. The fourth-order valence-corrected chi connectivity index (χ4v) is 1.25. The standard InChI is InChI=1S/C9H9N5O8/c1-11(2)9(15)10-22-8-6(13(18)19)3-5(12(16)17)4-7(8)14(20)21/h3-4H,1-2H3,(H,10,15). The Balaban J connectivity index is 3.39. The molecule has 118 valence electrons. The Morgan fingerprint density at radius 2 is 1.50 bits per heavy atom. The molecule has 1 N–H and O–H groups in total. The molecule has 0 heterocycles. The first-order chi connectivity index (χ1) is 10.1. The maximum atomic E-state index is 11.3. The Kier molecular flexibility index (Phi) is 4.73. The van der Waals surface area contributed by atoms with Gasteiger partial charge >= 0.3 is 23.2 Å². The zero-order valence-corrected chi connectivity index (χ0v) is 11.2. The van der Waals surface area contributed by atoms with Crippen LogP contribution in [0.3, 0.4) is 0 Å². The number of hydrogen-bond donors (Lipinski definition) is 1. The molecule has 13 nitrogen and oxygen atoms in total. The van der Waals surface area contributed by atoms with E-state index in [1.54, 1.807) is 5.48 Å². The van der Waals surface area contributed by atoms with E-state index in [2.05, 4.69) is 4.84 Å².